The maximum Gasteiger partial charge on any atom is 0.254 e. The van der Waals surface area contributed by atoms with Crippen molar-refractivity contribution in [2.24, 2.45) is 0 Å². The summed E-state index contributed by atoms with van der Waals surface area (Å²) in [6.07, 6.45) is 3.51. The van der Waals surface area contributed by atoms with Crippen LogP contribution < -0.4 is 5.73 Å². The first-order valence-corrected chi connectivity index (χ1v) is 6.95. The molecule has 2 N–H and O–H groups in total. The van der Waals surface area contributed by atoms with Crippen LogP contribution in [0.2, 0.25) is 0 Å². The van der Waals surface area contributed by atoms with E-state index in [4.69, 9.17) is 10.5 Å². The van der Waals surface area contributed by atoms with E-state index in [-0.39, 0.29) is 18.1 Å². The molecule has 1 saturated heterocycles. The zero-order valence-corrected chi connectivity index (χ0v) is 11.3. The Bertz CT molecular complexity index is 481. The summed E-state index contributed by atoms with van der Waals surface area (Å²) in [4.78, 5) is 14.6. The molecule has 1 saturated carbocycles. The second-order valence-electron chi connectivity index (χ2n) is 5.54. The van der Waals surface area contributed by atoms with Crippen molar-refractivity contribution < 1.29 is 9.53 Å². The van der Waals surface area contributed by atoms with Crippen LogP contribution in [0.15, 0.2) is 18.2 Å². The van der Waals surface area contributed by atoms with Crippen LogP contribution in [0, 0.1) is 6.92 Å². The number of nitrogen functional groups attached to an aromatic ring is 1. The number of nitrogens with two attached hydrogens (primary N) is 1. The number of benzene rings is 1. The summed E-state index contributed by atoms with van der Waals surface area (Å²) in [7, 11) is 0. The molecule has 0 radical (unpaired) electrons. The van der Waals surface area contributed by atoms with Gasteiger partial charge in [0, 0.05) is 17.8 Å². The summed E-state index contributed by atoms with van der Waals surface area (Å²) in [5, 5.41) is 0. The van der Waals surface area contributed by atoms with E-state index in [0.29, 0.717) is 24.4 Å². The number of nitrogens with zero attached hydrogens (tertiary/aromatic N) is 1. The number of ether oxygens (including phenoxy) is 1. The minimum absolute atomic E-state index is 0.0931. The largest absolute Gasteiger partial charge is 0.399 e. The molecule has 102 valence electrons. The number of anilines is 1. The lowest BCUT2D eigenvalue weighted by molar-refractivity contribution is -0.0445. The number of carbonyl (C=O) groups excluding carboxylic acids is 1. The van der Waals surface area contributed by atoms with Crippen molar-refractivity contribution in [2.45, 2.75) is 38.3 Å². The van der Waals surface area contributed by atoms with E-state index in [1.54, 1.807) is 6.07 Å². The molecule has 4 heteroatoms. The van der Waals surface area contributed by atoms with Crippen molar-refractivity contribution in [1.29, 1.82) is 0 Å². The Labute approximate surface area is 113 Å². The molecule has 1 amide bonds. The molecule has 19 heavy (non-hydrogen) atoms. The van der Waals surface area contributed by atoms with Crippen molar-refractivity contribution >= 4 is 11.6 Å². The lowest BCUT2D eigenvalue weighted by Gasteiger charge is -2.37. The number of amides is 1. The monoisotopic (exact) mass is 260 g/mol. The van der Waals surface area contributed by atoms with Gasteiger partial charge in [-0.15, -0.1) is 0 Å². The summed E-state index contributed by atoms with van der Waals surface area (Å²) in [5.74, 6) is 0.0931. The third-order valence-corrected chi connectivity index (χ3v) is 4.09. The Morgan fingerprint density at radius 1 is 1.37 bits per heavy atom. The molecule has 1 heterocycles. The third kappa shape index (κ3) is 2.32. The Hall–Kier alpha value is -1.55. The second kappa shape index (κ2) is 4.85. The highest BCUT2D eigenvalue weighted by Gasteiger charge is 2.38. The number of hydrogen-bond donors (Lipinski definition) is 1. The van der Waals surface area contributed by atoms with Gasteiger partial charge < -0.3 is 15.4 Å². The van der Waals surface area contributed by atoms with E-state index in [1.165, 1.54) is 0 Å². The van der Waals surface area contributed by atoms with Gasteiger partial charge in [0.25, 0.3) is 5.91 Å². The number of morpholine rings is 1. The number of fused-ring (bicyclic) bond motifs is 1. The molecule has 4 nitrogen and oxygen atoms in total. The fraction of sp³-hybridized carbons (Fsp3) is 0.533. The van der Waals surface area contributed by atoms with Crippen molar-refractivity contribution in [3.05, 3.63) is 29.3 Å². The van der Waals surface area contributed by atoms with Crippen molar-refractivity contribution in [2.75, 3.05) is 18.9 Å². The highest BCUT2D eigenvalue weighted by Crippen LogP contribution is 2.30. The number of rotatable bonds is 1. The molecule has 1 aliphatic heterocycles. The van der Waals surface area contributed by atoms with Gasteiger partial charge >= 0.3 is 0 Å². The average molecular weight is 260 g/mol. The van der Waals surface area contributed by atoms with Gasteiger partial charge in [0.2, 0.25) is 0 Å². The zero-order valence-electron chi connectivity index (χ0n) is 11.3. The van der Waals surface area contributed by atoms with E-state index in [1.807, 2.05) is 24.0 Å². The number of aryl methyl sites for hydroxylation is 1. The Morgan fingerprint density at radius 2 is 2.21 bits per heavy atom. The van der Waals surface area contributed by atoms with Crippen LogP contribution in [0.3, 0.4) is 0 Å². The lowest BCUT2D eigenvalue weighted by Crippen LogP contribution is -2.51. The molecule has 1 aliphatic carbocycles. The summed E-state index contributed by atoms with van der Waals surface area (Å²) in [6.45, 7) is 3.30. The van der Waals surface area contributed by atoms with Crippen LogP contribution in [0.5, 0.6) is 0 Å². The Balaban J connectivity index is 1.86. The molecule has 0 spiro atoms. The molecule has 2 fully saturated rings. The maximum atomic E-state index is 12.7. The van der Waals surface area contributed by atoms with Gasteiger partial charge in [0.1, 0.15) is 0 Å². The first-order valence-electron chi connectivity index (χ1n) is 6.95. The molecule has 3 rings (SSSR count). The topological polar surface area (TPSA) is 55.6 Å². The van der Waals surface area contributed by atoms with Gasteiger partial charge in [-0.2, -0.15) is 0 Å². The van der Waals surface area contributed by atoms with Gasteiger partial charge in [-0.1, -0.05) is 0 Å². The molecular weight excluding hydrogens is 240 g/mol. The van der Waals surface area contributed by atoms with Crippen molar-refractivity contribution in [1.82, 2.24) is 4.90 Å². The fourth-order valence-corrected chi connectivity index (χ4v) is 3.28. The van der Waals surface area contributed by atoms with Crippen LogP contribution in [0.1, 0.15) is 35.2 Å². The van der Waals surface area contributed by atoms with Crippen molar-refractivity contribution in [3.8, 4) is 0 Å². The molecule has 2 aliphatic rings. The van der Waals surface area contributed by atoms with Crippen LogP contribution in [0.25, 0.3) is 0 Å². The second-order valence-corrected chi connectivity index (χ2v) is 5.54. The summed E-state index contributed by atoms with van der Waals surface area (Å²) in [6, 6.07) is 5.82. The molecule has 0 bridgehead atoms. The quantitative estimate of drug-likeness (QED) is 0.785. The standard InChI is InChI=1S/C15H20N2O2/c1-10-7-11(9-12(16)8-10)15(18)17-5-6-19-14-4-2-3-13(14)17/h7-9,13-14H,2-6,16H2,1H3. The summed E-state index contributed by atoms with van der Waals surface area (Å²) in [5.41, 5.74) is 8.22. The highest BCUT2D eigenvalue weighted by atomic mass is 16.5. The van der Waals surface area contributed by atoms with Crippen LogP contribution in [-0.2, 0) is 4.74 Å². The Morgan fingerprint density at radius 3 is 3.00 bits per heavy atom. The molecule has 1 aromatic rings. The predicted octanol–water partition coefficient (Wildman–Crippen LogP) is 1.97. The minimum atomic E-state index is 0.0931. The molecule has 2 unspecified atom stereocenters. The van der Waals surface area contributed by atoms with Crippen LogP contribution in [-0.4, -0.2) is 36.1 Å². The number of carbonyl (C=O) groups is 1. The Kier molecular flexibility index (Phi) is 3.19. The first-order chi connectivity index (χ1) is 9.15. The summed E-state index contributed by atoms with van der Waals surface area (Å²) >= 11 is 0. The van der Waals surface area contributed by atoms with Crippen molar-refractivity contribution in [3.63, 3.8) is 0 Å². The molecule has 0 aromatic heterocycles. The van der Waals surface area contributed by atoms with E-state index in [0.717, 1.165) is 24.8 Å². The van der Waals surface area contributed by atoms with E-state index in [2.05, 4.69) is 0 Å². The number of hydrogen-bond acceptors (Lipinski definition) is 3. The van der Waals surface area contributed by atoms with Gasteiger partial charge in [0.15, 0.2) is 0 Å². The lowest BCUT2D eigenvalue weighted by atomic mass is 10.1. The van der Waals surface area contributed by atoms with Crippen LogP contribution >= 0.6 is 0 Å². The normalized spacial score (nSPS) is 26.3. The van der Waals surface area contributed by atoms with E-state index >= 15 is 0 Å². The molecule has 1 aromatic carbocycles. The van der Waals surface area contributed by atoms with E-state index in [9.17, 15) is 4.79 Å². The maximum absolute atomic E-state index is 12.7. The SMILES string of the molecule is Cc1cc(N)cc(C(=O)N2CCOC3CCCC32)c1. The van der Waals surface area contributed by atoms with Gasteiger partial charge in [0.05, 0.1) is 18.8 Å². The fourth-order valence-electron chi connectivity index (χ4n) is 3.28. The molecular formula is C15H20N2O2. The highest BCUT2D eigenvalue weighted by molar-refractivity contribution is 5.95. The smallest absolute Gasteiger partial charge is 0.254 e. The molecule has 2 atom stereocenters. The summed E-state index contributed by atoms with van der Waals surface area (Å²) < 4.78 is 5.75. The zero-order chi connectivity index (χ0) is 13.4. The average Bonchev–Trinajstić information content (AvgIpc) is 2.84. The third-order valence-electron chi connectivity index (χ3n) is 4.09. The predicted molar refractivity (Wildman–Crippen MR) is 74.0 cm³/mol. The first kappa shape index (κ1) is 12.5. The van der Waals surface area contributed by atoms with Gasteiger partial charge in [-0.25, -0.2) is 0 Å². The van der Waals surface area contributed by atoms with Gasteiger partial charge in [-0.05, 0) is 49.9 Å². The van der Waals surface area contributed by atoms with Crippen LogP contribution in [0.4, 0.5) is 5.69 Å². The van der Waals surface area contributed by atoms with E-state index < -0.39 is 0 Å². The minimum Gasteiger partial charge on any atom is -0.399 e. The van der Waals surface area contributed by atoms with Gasteiger partial charge in [-0.3, -0.25) is 4.79 Å².